The zero-order valence-electron chi connectivity index (χ0n) is 9.40. The molecule has 0 aromatic heterocycles. The average Bonchev–Trinajstić information content (AvgIpc) is 2.54. The van der Waals surface area contributed by atoms with E-state index in [0.29, 0.717) is 0 Å². The van der Waals surface area contributed by atoms with Crippen LogP contribution in [0, 0.1) is 5.92 Å². The number of carbonyl (C=O) groups is 2. The van der Waals surface area contributed by atoms with E-state index in [1.165, 1.54) is 0 Å². The molecule has 1 atom stereocenters. The van der Waals surface area contributed by atoms with Crippen molar-refractivity contribution in [1.82, 2.24) is 10.6 Å². The quantitative estimate of drug-likeness (QED) is 0.757. The summed E-state index contributed by atoms with van der Waals surface area (Å²) in [7, 11) is 0. The van der Waals surface area contributed by atoms with E-state index < -0.39 is 5.54 Å². The largest absolute Gasteiger partial charge is 0.322 e. The first kappa shape index (κ1) is 10.3. The lowest BCUT2D eigenvalue weighted by atomic mass is 9.67. The van der Waals surface area contributed by atoms with Crippen LogP contribution in [0.15, 0.2) is 30.3 Å². The zero-order valence-corrected chi connectivity index (χ0v) is 9.40. The Morgan fingerprint density at radius 2 is 1.82 bits per heavy atom. The Bertz CT molecular complexity index is 468. The second kappa shape index (κ2) is 3.58. The van der Waals surface area contributed by atoms with Gasteiger partial charge in [-0.05, 0) is 24.3 Å². The van der Waals surface area contributed by atoms with Crippen LogP contribution in [0.3, 0.4) is 0 Å². The molecule has 1 aliphatic heterocycles. The van der Waals surface area contributed by atoms with E-state index in [1.54, 1.807) is 0 Å². The highest BCUT2D eigenvalue weighted by Crippen LogP contribution is 2.44. The lowest BCUT2D eigenvalue weighted by Gasteiger charge is -2.40. The molecule has 1 saturated heterocycles. The summed E-state index contributed by atoms with van der Waals surface area (Å²) in [6.07, 6.45) is 3.10. The van der Waals surface area contributed by atoms with Gasteiger partial charge in [0.15, 0.2) is 0 Å². The van der Waals surface area contributed by atoms with Crippen molar-refractivity contribution in [3.8, 4) is 0 Å². The Kier molecular flexibility index (Phi) is 2.18. The van der Waals surface area contributed by atoms with Gasteiger partial charge in [0, 0.05) is 0 Å². The van der Waals surface area contributed by atoms with E-state index in [-0.39, 0.29) is 17.9 Å². The Morgan fingerprint density at radius 1 is 1.12 bits per heavy atom. The molecule has 2 fully saturated rings. The average molecular weight is 230 g/mol. The number of rotatable bonds is 2. The number of imide groups is 1. The first-order chi connectivity index (χ1) is 8.23. The van der Waals surface area contributed by atoms with Crippen LogP contribution < -0.4 is 10.6 Å². The fourth-order valence-electron chi connectivity index (χ4n) is 2.74. The number of benzene rings is 1. The topological polar surface area (TPSA) is 58.2 Å². The fraction of sp³-hybridized carbons (Fsp3) is 0.385. The number of amides is 3. The van der Waals surface area contributed by atoms with Crippen LogP contribution >= 0.6 is 0 Å². The Morgan fingerprint density at radius 3 is 2.29 bits per heavy atom. The lowest BCUT2D eigenvalue weighted by Crippen LogP contribution is -2.52. The van der Waals surface area contributed by atoms with E-state index in [2.05, 4.69) is 10.6 Å². The van der Waals surface area contributed by atoms with Gasteiger partial charge in [-0.2, -0.15) is 0 Å². The van der Waals surface area contributed by atoms with Crippen molar-refractivity contribution in [1.29, 1.82) is 0 Å². The molecule has 3 rings (SSSR count). The smallest absolute Gasteiger partial charge is 0.319 e. The fourth-order valence-corrected chi connectivity index (χ4v) is 2.74. The molecule has 1 aromatic carbocycles. The van der Waals surface area contributed by atoms with Gasteiger partial charge in [-0.3, -0.25) is 10.1 Å². The summed E-state index contributed by atoms with van der Waals surface area (Å²) in [5.74, 6) is 0.00903. The van der Waals surface area contributed by atoms with Gasteiger partial charge in [-0.25, -0.2) is 4.79 Å². The summed E-state index contributed by atoms with van der Waals surface area (Å²) >= 11 is 0. The van der Waals surface area contributed by atoms with E-state index >= 15 is 0 Å². The van der Waals surface area contributed by atoms with E-state index in [4.69, 9.17) is 0 Å². The minimum absolute atomic E-state index is 0.210. The van der Waals surface area contributed by atoms with Gasteiger partial charge in [0.2, 0.25) is 0 Å². The summed E-state index contributed by atoms with van der Waals surface area (Å²) in [4.78, 5) is 23.6. The molecule has 3 amide bonds. The van der Waals surface area contributed by atoms with Crippen LogP contribution in [0.5, 0.6) is 0 Å². The first-order valence-electron chi connectivity index (χ1n) is 5.92. The maximum absolute atomic E-state index is 12.1. The van der Waals surface area contributed by atoms with Crippen molar-refractivity contribution in [2.45, 2.75) is 24.8 Å². The van der Waals surface area contributed by atoms with Gasteiger partial charge >= 0.3 is 6.03 Å². The Labute approximate surface area is 99.4 Å². The van der Waals surface area contributed by atoms with Gasteiger partial charge < -0.3 is 5.32 Å². The summed E-state index contributed by atoms with van der Waals surface area (Å²) in [5.41, 5.74) is 0.0457. The van der Waals surface area contributed by atoms with Crippen LogP contribution in [-0.2, 0) is 10.3 Å². The number of carbonyl (C=O) groups excluding carboxylic acids is 2. The Hall–Kier alpha value is -1.84. The number of hydrogen-bond acceptors (Lipinski definition) is 2. The second-order valence-corrected chi connectivity index (χ2v) is 4.71. The highest BCUT2D eigenvalue weighted by atomic mass is 16.2. The number of hydrogen-bond donors (Lipinski definition) is 2. The molecule has 17 heavy (non-hydrogen) atoms. The third kappa shape index (κ3) is 1.37. The summed E-state index contributed by atoms with van der Waals surface area (Å²) in [6.45, 7) is 0. The van der Waals surface area contributed by atoms with Gasteiger partial charge in [-0.1, -0.05) is 36.8 Å². The molecule has 88 valence electrons. The van der Waals surface area contributed by atoms with Crippen molar-refractivity contribution in [3.63, 3.8) is 0 Å². The molecule has 1 heterocycles. The normalized spacial score (nSPS) is 28.5. The van der Waals surface area contributed by atoms with Crippen LogP contribution in [0.4, 0.5) is 4.79 Å². The third-order valence-corrected chi connectivity index (χ3v) is 3.84. The SMILES string of the molecule is O=C1NC(=O)[C@@](c2ccccc2)(C2CCC2)N1. The van der Waals surface area contributed by atoms with Crippen LogP contribution in [0.1, 0.15) is 24.8 Å². The predicted octanol–water partition coefficient (Wildman–Crippen LogP) is 1.52. The molecule has 1 saturated carbocycles. The minimum atomic E-state index is -0.837. The van der Waals surface area contributed by atoms with Gasteiger partial charge in [0.05, 0.1) is 0 Å². The van der Waals surface area contributed by atoms with Crippen molar-refractivity contribution >= 4 is 11.9 Å². The molecule has 2 N–H and O–H groups in total. The number of nitrogens with one attached hydrogen (secondary N) is 2. The molecule has 0 unspecified atom stereocenters. The highest BCUT2D eigenvalue weighted by molar-refractivity contribution is 6.07. The molecule has 0 bridgehead atoms. The molecule has 0 radical (unpaired) electrons. The molecule has 0 spiro atoms. The van der Waals surface area contributed by atoms with Crippen molar-refractivity contribution in [2.75, 3.05) is 0 Å². The molecule has 4 nitrogen and oxygen atoms in total. The van der Waals surface area contributed by atoms with Crippen molar-refractivity contribution in [3.05, 3.63) is 35.9 Å². The van der Waals surface area contributed by atoms with Crippen molar-refractivity contribution < 1.29 is 9.59 Å². The summed E-state index contributed by atoms with van der Waals surface area (Å²) in [5, 5.41) is 5.20. The monoisotopic (exact) mass is 230 g/mol. The molecule has 1 aliphatic carbocycles. The van der Waals surface area contributed by atoms with E-state index in [0.717, 1.165) is 24.8 Å². The maximum atomic E-state index is 12.1. The molecule has 2 aliphatic rings. The standard InChI is InChI=1S/C13H14N2O2/c16-11-13(10-7-4-8-10,15-12(17)14-11)9-5-2-1-3-6-9/h1-3,5-6,10H,4,7-8H2,(H2,14,15,16,17)/t13-/m1/s1. The Balaban J connectivity index is 2.08. The molecular weight excluding hydrogens is 216 g/mol. The van der Waals surface area contributed by atoms with Gasteiger partial charge in [-0.15, -0.1) is 0 Å². The predicted molar refractivity (Wildman–Crippen MR) is 62.1 cm³/mol. The van der Waals surface area contributed by atoms with E-state index in [1.807, 2.05) is 30.3 Å². The molecule has 4 heteroatoms. The minimum Gasteiger partial charge on any atom is -0.319 e. The summed E-state index contributed by atoms with van der Waals surface area (Å²) < 4.78 is 0. The van der Waals surface area contributed by atoms with Gasteiger partial charge in [0.25, 0.3) is 5.91 Å². The maximum Gasteiger partial charge on any atom is 0.322 e. The van der Waals surface area contributed by atoms with Crippen LogP contribution in [-0.4, -0.2) is 11.9 Å². The van der Waals surface area contributed by atoms with E-state index in [9.17, 15) is 9.59 Å². The number of urea groups is 1. The second-order valence-electron chi connectivity index (χ2n) is 4.71. The van der Waals surface area contributed by atoms with Gasteiger partial charge in [0.1, 0.15) is 5.54 Å². The molecule has 1 aromatic rings. The highest BCUT2D eigenvalue weighted by Gasteiger charge is 2.54. The lowest BCUT2D eigenvalue weighted by molar-refractivity contribution is -0.127. The van der Waals surface area contributed by atoms with Crippen LogP contribution in [0.25, 0.3) is 0 Å². The molecular formula is C13H14N2O2. The zero-order chi connectivity index (χ0) is 11.9. The summed E-state index contributed by atoms with van der Waals surface area (Å²) in [6, 6.07) is 9.13. The first-order valence-corrected chi connectivity index (χ1v) is 5.92. The van der Waals surface area contributed by atoms with Crippen molar-refractivity contribution in [2.24, 2.45) is 5.92 Å². The third-order valence-electron chi connectivity index (χ3n) is 3.84. The van der Waals surface area contributed by atoms with Crippen LogP contribution in [0.2, 0.25) is 0 Å².